The molecule has 0 spiro atoms. The second-order valence-corrected chi connectivity index (χ2v) is 5.26. The van der Waals surface area contributed by atoms with E-state index in [1.54, 1.807) is 12.1 Å². The maximum atomic E-state index is 12.0. The van der Waals surface area contributed by atoms with Gasteiger partial charge in [-0.05, 0) is 18.6 Å². The third kappa shape index (κ3) is 8.35. The van der Waals surface area contributed by atoms with E-state index in [2.05, 4.69) is 15.3 Å². The highest BCUT2D eigenvalue weighted by atomic mass is 32.2. The van der Waals surface area contributed by atoms with E-state index in [0.29, 0.717) is 17.2 Å². The van der Waals surface area contributed by atoms with Gasteiger partial charge in [0.05, 0.1) is 5.03 Å². The molecular weight excluding hydrogens is 321 g/mol. The van der Waals surface area contributed by atoms with Crippen molar-refractivity contribution in [3.8, 4) is 0 Å². The Morgan fingerprint density at radius 3 is 2.82 bits per heavy atom. The van der Waals surface area contributed by atoms with E-state index in [9.17, 15) is 18.0 Å². The minimum atomic E-state index is -4.42. The van der Waals surface area contributed by atoms with E-state index in [4.69, 9.17) is 10.8 Å². The van der Waals surface area contributed by atoms with Gasteiger partial charge >= 0.3 is 12.1 Å². The van der Waals surface area contributed by atoms with E-state index in [1.807, 2.05) is 0 Å². The lowest BCUT2D eigenvalue weighted by Crippen LogP contribution is -2.26. The summed E-state index contributed by atoms with van der Waals surface area (Å²) in [7, 11) is 0. The Balaban J connectivity index is 2.51. The van der Waals surface area contributed by atoms with E-state index < -0.39 is 18.7 Å². The molecule has 0 atom stereocenters. The van der Waals surface area contributed by atoms with Crippen LogP contribution >= 0.6 is 11.8 Å². The number of aliphatic imine (C=N–C) groups is 1. The molecule has 0 aliphatic heterocycles. The zero-order chi connectivity index (χ0) is 16.6. The number of hydrogen-bond donors (Lipinski definition) is 3. The summed E-state index contributed by atoms with van der Waals surface area (Å²) < 4.78 is 36.0. The number of carboxylic acid groups (broad SMARTS) is 1. The number of aliphatic carboxylic acids is 1. The zero-order valence-corrected chi connectivity index (χ0v) is 12.2. The molecule has 0 amide bonds. The standard InChI is InChI=1S/C12H15F3N4O2S/c13-12(14,15)7-17-11(16)19-8-3-1-4-9(18-8)22-6-2-5-10(20)21/h1,3-4H,2,5-7H2,(H,20,21)(H3,16,17,18,19). The molecule has 0 aliphatic carbocycles. The molecule has 0 aromatic carbocycles. The Labute approximate surface area is 129 Å². The van der Waals surface area contributed by atoms with Gasteiger partial charge in [-0.3, -0.25) is 4.79 Å². The van der Waals surface area contributed by atoms with Crippen LogP contribution in [0.2, 0.25) is 0 Å². The molecule has 0 bridgehead atoms. The highest BCUT2D eigenvalue weighted by molar-refractivity contribution is 7.99. The molecule has 1 heterocycles. The van der Waals surface area contributed by atoms with Gasteiger partial charge in [0.25, 0.3) is 0 Å². The highest BCUT2D eigenvalue weighted by Gasteiger charge is 2.26. The van der Waals surface area contributed by atoms with Gasteiger partial charge in [-0.25, -0.2) is 9.98 Å². The predicted molar refractivity (Wildman–Crippen MR) is 78.0 cm³/mol. The number of halogens is 3. The molecule has 22 heavy (non-hydrogen) atoms. The molecule has 0 saturated heterocycles. The van der Waals surface area contributed by atoms with Crippen molar-refractivity contribution >= 4 is 29.5 Å². The lowest BCUT2D eigenvalue weighted by molar-refractivity contribution is -0.137. The molecule has 0 saturated carbocycles. The number of guanidine groups is 1. The summed E-state index contributed by atoms with van der Waals surface area (Å²) in [6.45, 7) is -1.37. The summed E-state index contributed by atoms with van der Waals surface area (Å²) in [6.07, 6.45) is -3.85. The summed E-state index contributed by atoms with van der Waals surface area (Å²) in [5.74, 6) is -0.400. The fourth-order valence-electron chi connectivity index (χ4n) is 1.31. The van der Waals surface area contributed by atoms with Crippen LogP contribution in [-0.2, 0) is 4.79 Å². The number of thioether (sulfide) groups is 1. The maximum Gasteiger partial charge on any atom is 0.408 e. The summed E-state index contributed by atoms with van der Waals surface area (Å²) in [4.78, 5) is 17.7. The first kappa shape index (κ1) is 18.1. The normalized spacial score (nSPS) is 12.2. The van der Waals surface area contributed by atoms with Crippen LogP contribution in [-0.4, -0.2) is 40.5 Å². The van der Waals surface area contributed by atoms with Crippen LogP contribution in [0.15, 0.2) is 28.2 Å². The van der Waals surface area contributed by atoms with Crippen molar-refractivity contribution in [3.63, 3.8) is 0 Å². The van der Waals surface area contributed by atoms with Crippen LogP contribution in [0.4, 0.5) is 19.0 Å². The van der Waals surface area contributed by atoms with Gasteiger partial charge in [0.15, 0.2) is 5.96 Å². The molecule has 0 aliphatic rings. The predicted octanol–water partition coefficient (Wildman–Crippen LogP) is 2.33. The average molecular weight is 336 g/mol. The van der Waals surface area contributed by atoms with Crippen molar-refractivity contribution in [2.45, 2.75) is 24.0 Å². The lowest BCUT2D eigenvalue weighted by Gasteiger charge is -2.07. The topological polar surface area (TPSA) is 101 Å². The molecular formula is C12H15F3N4O2S. The van der Waals surface area contributed by atoms with Crippen molar-refractivity contribution in [2.75, 3.05) is 17.6 Å². The van der Waals surface area contributed by atoms with Gasteiger partial charge in [-0.1, -0.05) is 6.07 Å². The minimum Gasteiger partial charge on any atom is -0.481 e. The Morgan fingerprint density at radius 1 is 1.45 bits per heavy atom. The molecule has 0 unspecified atom stereocenters. The molecule has 0 radical (unpaired) electrons. The first-order chi connectivity index (χ1) is 10.3. The van der Waals surface area contributed by atoms with E-state index in [-0.39, 0.29) is 18.2 Å². The van der Waals surface area contributed by atoms with Gasteiger partial charge in [0.1, 0.15) is 12.4 Å². The number of rotatable bonds is 7. The number of nitrogens with two attached hydrogens (primary N) is 1. The van der Waals surface area contributed by atoms with Crippen LogP contribution in [0.25, 0.3) is 0 Å². The first-order valence-electron chi connectivity index (χ1n) is 6.21. The number of carboxylic acids is 1. The number of alkyl halides is 3. The summed E-state index contributed by atoms with van der Waals surface area (Å²) in [5, 5.41) is 11.6. The number of aromatic nitrogens is 1. The van der Waals surface area contributed by atoms with Crippen LogP contribution in [0, 0.1) is 0 Å². The quantitative estimate of drug-likeness (QED) is 0.306. The second kappa shape index (κ2) is 8.47. The number of carbonyl (C=O) groups is 1. The van der Waals surface area contributed by atoms with Crippen LogP contribution in [0.5, 0.6) is 0 Å². The summed E-state index contributed by atoms with van der Waals surface area (Å²) in [5.41, 5.74) is 5.34. The van der Waals surface area contributed by atoms with Gasteiger partial charge < -0.3 is 16.2 Å². The number of anilines is 1. The maximum absolute atomic E-state index is 12.0. The van der Waals surface area contributed by atoms with Crippen LogP contribution in [0.3, 0.4) is 0 Å². The van der Waals surface area contributed by atoms with E-state index in [0.717, 1.165) is 0 Å². The molecule has 122 valence electrons. The van der Waals surface area contributed by atoms with Gasteiger partial charge in [0.2, 0.25) is 0 Å². The Bertz CT molecular complexity index is 537. The molecule has 1 rings (SSSR count). The third-order valence-electron chi connectivity index (χ3n) is 2.19. The SMILES string of the molecule is NC(=NCC(F)(F)F)Nc1cccc(SCCCC(=O)O)n1. The third-order valence-corrected chi connectivity index (χ3v) is 3.21. The fraction of sp³-hybridized carbons (Fsp3) is 0.417. The Morgan fingerprint density at radius 2 is 2.18 bits per heavy atom. The van der Waals surface area contributed by atoms with Crippen molar-refractivity contribution < 1.29 is 23.1 Å². The van der Waals surface area contributed by atoms with Crippen molar-refractivity contribution in [1.82, 2.24) is 4.98 Å². The monoisotopic (exact) mass is 336 g/mol. The number of hydrogen-bond acceptors (Lipinski definition) is 4. The van der Waals surface area contributed by atoms with Crippen molar-refractivity contribution in [2.24, 2.45) is 10.7 Å². The highest BCUT2D eigenvalue weighted by Crippen LogP contribution is 2.19. The Hall–Kier alpha value is -1.97. The van der Waals surface area contributed by atoms with Crippen LogP contribution < -0.4 is 11.1 Å². The largest absolute Gasteiger partial charge is 0.481 e. The van der Waals surface area contributed by atoms with Crippen molar-refractivity contribution in [3.05, 3.63) is 18.2 Å². The minimum absolute atomic E-state index is 0.0714. The zero-order valence-electron chi connectivity index (χ0n) is 11.4. The second-order valence-electron chi connectivity index (χ2n) is 4.15. The van der Waals surface area contributed by atoms with Gasteiger partial charge in [-0.15, -0.1) is 11.8 Å². The number of pyridine rings is 1. The van der Waals surface area contributed by atoms with Gasteiger partial charge in [-0.2, -0.15) is 13.2 Å². The average Bonchev–Trinajstić information content (AvgIpc) is 2.41. The first-order valence-corrected chi connectivity index (χ1v) is 7.20. The molecule has 6 nitrogen and oxygen atoms in total. The lowest BCUT2D eigenvalue weighted by atomic mass is 10.3. The summed E-state index contributed by atoms with van der Waals surface area (Å²) in [6, 6.07) is 4.91. The fourth-order valence-corrected chi connectivity index (χ4v) is 2.15. The molecule has 1 aromatic heterocycles. The smallest absolute Gasteiger partial charge is 0.408 e. The van der Waals surface area contributed by atoms with Gasteiger partial charge in [0, 0.05) is 12.2 Å². The molecule has 4 N–H and O–H groups in total. The van der Waals surface area contributed by atoms with Crippen molar-refractivity contribution in [1.29, 1.82) is 0 Å². The van der Waals surface area contributed by atoms with E-state index in [1.165, 1.54) is 17.8 Å². The molecule has 1 aromatic rings. The molecule has 10 heteroatoms. The van der Waals surface area contributed by atoms with E-state index >= 15 is 0 Å². The molecule has 0 fully saturated rings. The number of nitrogens with zero attached hydrogens (tertiary/aromatic N) is 2. The summed E-state index contributed by atoms with van der Waals surface area (Å²) >= 11 is 1.35. The Kier molecular flexibility index (Phi) is 6.96. The number of nitrogens with one attached hydrogen (secondary N) is 1. The van der Waals surface area contributed by atoms with Crippen LogP contribution in [0.1, 0.15) is 12.8 Å².